The predicted octanol–water partition coefficient (Wildman–Crippen LogP) is 3.07. The van der Waals surface area contributed by atoms with Gasteiger partial charge in [-0.1, -0.05) is 13.3 Å². The van der Waals surface area contributed by atoms with Crippen LogP contribution in [-0.4, -0.2) is 10.7 Å². The van der Waals surface area contributed by atoms with Gasteiger partial charge >= 0.3 is 0 Å². The third-order valence-electron chi connectivity index (χ3n) is 1.89. The number of nitro groups is 1. The molecule has 82 valence electrons. The number of thioether (sulfide) groups is 1. The molecule has 0 radical (unpaired) electrons. The maximum absolute atomic E-state index is 10.6. The maximum atomic E-state index is 10.6. The Kier molecular flexibility index (Phi) is 4.42. The molecule has 0 amide bonds. The van der Waals surface area contributed by atoms with Crippen LogP contribution in [0.2, 0.25) is 0 Å². The van der Waals surface area contributed by atoms with Crippen LogP contribution in [0.3, 0.4) is 0 Å². The molecule has 4 nitrogen and oxygen atoms in total. The van der Waals surface area contributed by atoms with E-state index in [0.29, 0.717) is 5.69 Å². The van der Waals surface area contributed by atoms with Crippen LogP contribution in [0.25, 0.3) is 0 Å². The Labute approximate surface area is 93.0 Å². The third kappa shape index (κ3) is 3.79. The lowest BCUT2D eigenvalue weighted by Gasteiger charge is -2.02. The lowest BCUT2D eigenvalue weighted by atomic mass is 10.3. The van der Waals surface area contributed by atoms with Crippen molar-refractivity contribution in [3.8, 4) is 0 Å². The highest BCUT2D eigenvalue weighted by Crippen LogP contribution is 2.27. The minimum absolute atomic E-state index is 0.0639. The molecule has 2 N–H and O–H groups in total. The van der Waals surface area contributed by atoms with E-state index in [-0.39, 0.29) is 5.69 Å². The number of hydrogen-bond donors (Lipinski definition) is 1. The van der Waals surface area contributed by atoms with E-state index in [0.717, 1.165) is 23.5 Å². The van der Waals surface area contributed by atoms with Crippen LogP contribution in [0.4, 0.5) is 11.4 Å². The highest BCUT2D eigenvalue weighted by Gasteiger charge is 2.08. The summed E-state index contributed by atoms with van der Waals surface area (Å²) in [6.07, 6.45) is 2.23. The van der Waals surface area contributed by atoms with Gasteiger partial charge in [0.25, 0.3) is 5.69 Å². The zero-order valence-corrected chi connectivity index (χ0v) is 9.42. The van der Waals surface area contributed by atoms with Crippen molar-refractivity contribution in [1.29, 1.82) is 0 Å². The Balaban J connectivity index is 2.75. The SMILES string of the molecule is CCCCSc1cc(N)cc([N+](=O)[O-])c1. The van der Waals surface area contributed by atoms with Crippen molar-refractivity contribution in [2.75, 3.05) is 11.5 Å². The smallest absolute Gasteiger partial charge is 0.272 e. The highest BCUT2D eigenvalue weighted by molar-refractivity contribution is 7.99. The zero-order chi connectivity index (χ0) is 11.3. The minimum atomic E-state index is -0.416. The summed E-state index contributed by atoms with van der Waals surface area (Å²) >= 11 is 1.61. The van der Waals surface area contributed by atoms with Gasteiger partial charge in [0.15, 0.2) is 0 Å². The van der Waals surface area contributed by atoms with Gasteiger partial charge in [0.1, 0.15) is 0 Å². The van der Waals surface area contributed by atoms with Gasteiger partial charge in [-0.3, -0.25) is 10.1 Å². The van der Waals surface area contributed by atoms with Gasteiger partial charge in [0.05, 0.1) is 4.92 Å². The van der Waals surface area contributed by atoms with Gasteiger partial charge in [0, 0.05) is 22.7 Å². The number of anilines is 1. The number of rotatable bonds is 5. The standard InChI is InChI=1S/C10H14N2O2S/c1-2-3-4-15-10-6-8(11)5-9(7-10)12(13)14/h5-7H,2-4,11H2,1H3. The normalized spacial score (nSPS) is 10.2. The Hall–Kier alpha value is -1.23. The molecule has 0 unspecified atom stereocenters. The molecule has 1 aromatic rings. The average Bonchev–Trinajstić information content (AvgIpc) is 2.17. The second-order valence-electron chi connectivity index (χ2n) is 3.22. The van der Waals surface area contributed by atoms with Gasteiger partial charge in [-0.2, -0.15) is 0 Å². The molecule has 0 saturated heterocycles. The summed E-state index contributed by atoms with van der Waals surface area (Å²) in [4.78, 5) is 11.0. The largest absolute Gasteiger partial charge is 0.398 e. The minimum Gasteiger partial charge on any atom is -0.398 e. The predicted molar refractivity (Wildman–Crippen MR) is 63.1 cm³/mol. The average molecular weight is 226 g/mol. The lowest BCUT2D eigenvalue weighted by molar-refractivity contribution is -0.385. The van der Waals surface area contributed by atoms with Crippen molar-refractivity contribution in [2.45, 2.75) is 24.7 Å². The Bertz CT molecular complexity index is 355. The first kappa shape index (κ1) is 11.8. The molecule has 0 spiro atoms. The Morgan fingerprint density at radius 2 is 2.20 bits per heavy atom. The number of nitrogen functional groups attached to an aromatic ring is 1. The molecular weight excluding hydrogens is 212 g/mol. The molecule has 0 atom stereocenters. The van der Waals surface area contributed by atoms with Crippen molar-refractivity contribution < 1.29 is 4.92 Å². The van der Waals surface area contributed by atoms with Gasteiger partial charge < -0.3 is 5.73 Å². The molecule has 1 rings (SSSR count). The molecule has 0 saturated carbocycles. The van der Waals surface area contributed by atoms with Crippen LogP contribution in [0.15, 0.2) is 23.1 Å². The number of hydrogen-bond acceptors (Lipinski definition) is 4. The number of nitrogens with two attached hydrogens (primary N) is 1. The van der Waals surface area contributed by atoms with Gasteiger partial charge in [-0.25, -0.2) is 0 Å². The number of nitro benzene ring substituents is 1. The fraction of sp³-hybridized carbons (Fsp3) is 0.400. The fourth-order valence-corrected chi connectivity index (χ4v) is 2.22. The fourth-order valence-electron chi connectivity index (χ4n) is 1.13. The van der Waals surface area contributed by atoms with E-state index in [9.17, 15) is 10.1 Å². The molecule has 1 aromatic carbocycles. The monoisotopic (exact) mass is 226 g/mol. The van der Waals surface area contributed by atoms with E-state index in [1.165, 1.54) is 6.07 Å². The van der Waals surface area contributed by atoms with Crippen LogP contribution in [0.1, 0.15) is 19.8 Å². The molecule has 0 fully saturated rings. The summed E-state index contributed by atoms with van der Waals surface area (Å²) in [5.74, 6) is 0.969. The van der Waals surface area contributed by atoms with Gasteiger partial charge in [-0.05, 0) is 18.2 Å². The van der Waals surface area contributed by atoms with E-state index < -0.39 is 4.92 Å². The maximum Gasteiger partial charge on any atom is 0.272 e. The second-order valence-corrected chi connectivity index (χ2v) is 4.39. The quantitative estimate of drug-likeness (QED) is 0.275. The van der Waals surface area contributed by atoms with Crippen molar-refractivity contribution in [2.24, 2.45) is 0 Å². The van der Waals surface area contributed by atoms with E-state index in [1.807, 2.05) is 0 Å². The topological polar surface area (TPSA) is 69.2 Å². The summed E-state index contributed by atoms with van der Waals surface area (Å²) in [7, 11) is 0. The van der Waals surface area contributed by atoms with Crippen LogP contribution >= 0.6 is 11.8 Å². The van der Waals surface area contributed by atoms with Crippen molar-refractivity contribution >= 4 is 23.1 Å². The molecule has 0 aromatic heterocycles. The Morgan fingerprint density at radius 3 is 2.80 bits per heavy atom. The van der Waals surface area contributed by atoms with Crippen LogP contribution in [0, 0.1) is 10.1 Å². The molecule has 5 heteroatoms. The summed E-state index contributed by atoms with van der Waals surface area (Å²) in [6, 6.07) is 4.72. The first-order valence-corrected chi connectivity index (χ1v) is 5.79. The second kappa shape index (κ2) is 5.60. The van der Waals surface area contributed by atoms with E-state index >= 15 is 0 Å². The molecule has 15 heavy (non-hydrogen) atoms. The molecule has 0 aliphatic carbocycles. The number of non-ortho nitro benzene ring substituents is 1. The lowest BCUT2D eigenvalue weighted by Crippen LogP contribution is -1.92. The number of unbranched alkanes of at least 4 members (excludes halogenated alkanes) is 1. The van der Waals surface area contributed by atoms with Crippen molar-refractivity contribution in [1.82, 2.24) is 0 Å². The molecular formula is C10H14N2O2S. The summed E-state index contributed by atoms with van der Waals surface area (Å²) in [6.45, 7) is 2.11. The van der Waals surface area contributed by atoms with Crippen molar-refractivity contribution in [3.05, 3.63) is 28.3 Å². The molecule has 0 bridgehead atoms. The Morgan fingerprint density at radius 1 is 1.47 bits per heavy atom. The van der Waals surface area contributed by atoms with E-state index in [4.69, 9.17) is 5.73 Å². The third-order valence-corrected chi connectivity index (χ3v) is 2.95. The first-order chi connectivity index (χ1) is 7.13. The van der Waals surface area contributed by atoms with Crippen LogP contribution < -0.4 is 5.73 Å². The number of benzene rings is 1. The molecule has 0 aliphatic heterocycles. The summed E-state index contributed by atoms with van der Waals surface area (Å²) in [5, 5.41) is 10.6. The van der Waals surface area contributed by atoms with Crippen LogP contribution in [0.5, 0.6) is 0 Å². The number of nitrogens with zero attached hydrogens (tertiary/aromatic N) is 1. The molecule has 0 heterocycles. The summed E-state index contributed by atoms with van der Waals surface area (Å²) < 4.78 is 0. The van der Waals surface area contributed by atoms with Gasteiger partial charge in [0.2, 0.25) is 0 Å². The first-order valence-electron chi connectivity index (χ1n) is 4.81. The summed E-state index contributed by atoms with van der Waals surface area (Å²) in [5.41, 5.74) is 6.09. The van der Waals surface area contributed by atoms with Gasteiger partial charge in [-0.15, -0.1) is 11.8 Å². The van der Waals surface area contributed by atoms with Crippen molar-refractivity contribution in [3.63, 3.8) is 0 Å². The molecule has 0 aliphatic rings. The van der Waals surface area contributed by atoms with Crippen LogP contribution in [-0.2, 0) is 0 Å². The highest BCUT2D eigenvalue weighted by atomic mass is 32.2. The zero-order valence-electron chi connectivity index (χ0n) is 8.60. The van der Waals surface area contributed by atoms with E-state index in [1.54, 1.807) is 23.9 Å². The van der Waals surface area contributed by atoms with E-state index in [2.05, 4.69) is 6.92 Å².